The number of hydrogen-bond donors (Lipinski definition) is 2. The quantitative estimate of drug-likeness (QED) is 0.536. The summed E-state index contributed by atoms with van der Waals surface area (Å²) in [4.78, 5) is 13.6. The third kappa shape index (κ3) is 4.62. The molecule has 3 aromatic rings. The molecule has 3 heterocycles. The fourth-order valence-corrected chi connectivity index (χ4v) is 4.22. The SMILES string of the molecule is CCn1ncc(-c2nc3c(OC4CCC(NC(O)OC(C)(C)C)C4)ncnc3n2C)c1C. The first kappa shape index (κ1) is 22.6. The van der Waals surface area contributed by atoms with Gasteiger partial charge in [0, 0.05) is 25.3 Å². The second-order valence-corrected chi connectivity index (χ2v) is 9.30. The summed E-state index contributed by atoms with van der Waals surface area (Å²) in [6, 6.07) is 0.108. The van der Waals surface area contributed by atoms with E-state index in [1.807, 2.05) is 50.2 Å². The van der Waals surface area contributed by atoms with Gasteiger partial charge in [0.15, 0.2) is 11.2 Å². The molecule has 3 aromatic heterocycles. The molecule has 174 valence electrons. The van der Waals surface area contributed by atoms with Gasteiger partial charge in [-0.15, -0.1) is 0 Å². The van der Waals surface area contributed by atoms with Gasteiger partial charge in [-0.2, -0.15) is 10.1 Å². The van der Waals surface area contributed by atoms with Gasteiger partial charge in [-0.05, 0) is 53.9 Å². The lowest BCUT2D eigenvalue weighted by atomic mass is 10.2. The molecular formula is C22H33N7O3. The number of ether oxygens (including phenoxy) is 2. The Balaban J connectivity index is 1.50. The van der Waals surface area contributed by atoms with E-state index in [0.29, 0.717) is 11.4 Å². The maximum atomic E-state index is 10.1. The summed E-state index contributed by atoms with van der Waals surface area (Å²) >= 11 is 0. The van der Waals surface area contributed by atoms with Gasteiger partial charge >= 0.3 is 0 Å². The van der Waals surface area contributed by atoms with Crippen LogP contribution in [0.5, 0.6) is 5.88 Å². The van der Waals surface area contributed by atoms with Crippen LogP contribution in [0.2, 0.25) is 0 Å². The summed E-state index contributed by atoms with van der Waals surface area (Å²) < 4.78 is 15.7. The minimum absolute atomic E-state index is 0.0255. The molecule has 0 saturated heterocycles. The molecule has 0 aromatic carbocycles. The van der Waals surface area contributed by atoms with Gasteiger partial charge in [-0.1, -0.05) is 0 Å². The van der Waals surface area contributed by atoms with Gasteiger partial charge in [-0.3, -0.25) is 10.00 Å². The molecule has 1 aliphatic carbocycles. The Morgan fingerprint density at radius 3 is 2.75 bits per heavy atom. The predicted molar refractivity (Wildman–Crippen MR) is 120 cm³/mol. The van der Waals surface area contributed by atoms with Gasteiger partial charge in [0.05, 0.1) is 17.4 Å². The van der Waals surface area contributed by atoms with Crippen molar-refractivity contribution in [3.05, 3.63) is 18.2 Å². The molecular weight excluding hydrogens is 410 g/mol. The maximum Gasteiger partial charge on any atom is 0.245 e. The third-order valence-electron chi connectivity index (χ3n) is 5.77. The molecule has 2 N–H and O–H groups in total. The van der Waals surface area contributed by atoms with E-state index in [4.69, 9.17) is 14.5 Å². The lowest BCUT2D eigenvalue weighted by Gasteiger charge is -2.26. The monoisotopic (exact) mass is 443 g/mol. The standard InChI is InChI=1S/C22H33N7O3/c1-7-29-13(2)16(11-25-29)18-27-17-19(28(18)6)23-12-24-20(17)31-15-9-8-14(10-15)26-21(30)32-22(3,4)5/h11-12,14-15,21,26,30H,7-10H2,1-6H3. The first-order valence-corrected chi connectivity index (χ1v) is 11.1. The zero-order valence-corrected chi connectivity index (χ0v) is 19.7. The highest BCUT2D eigenvalue weighted by molar-refractivity contribution is 5.81. The van der Waals surface area contributed by atoms with Crippen molar-refractivity contribution in [1.29, 1.82) is 0 Å². The first-order chi connectivity index (χ1) is 15.2. The number of nitrogens with zero attached hydrogens (tertiary/aromatic N) is 6. The summed E-state index contributed by atoms with van der Waals surface area (Å²) in [6.45, 7) is 10.6. The molecule has 1 fully saturated rings. The number of fused-ring (bicyclic) bond motifs is 1. The van der Waals surface area contributed by atoms with Crippen molar-refractivity contribution in [2.45, 2.75) is 84.6 Å². The van der Waals surface area contributed by atoms with Crippen LogP contribution >= 0.6 is 0 Å². The van der Waals surface area contributed by atoms with Crippen LogP contribution in [0.4, 0.5) is 0 Å². The Kier molecular flexibility index (Phi) is 6.19. The number of nitrogens with one attached hydrogen (secondary N) is 1. The number of hydrogen-bond acceptors (Lipinski definition) is 8. The molecule has 0 amide bonds. The summed E-state index contributed by atoms with van der Waals surface area (Å²) in [5, 5.41) is 17.7. The van der Waals surface area contributed by atoms with Crippen molar-refractivity contribution >= 4 is 11.2 Å². The summed E-state index contributed by atoms with van der Waals surface area (Å²) in [5.74, 6) is 1.27. The Bertz CT molecular complexity index is 1090. The summed E-state index contributed by atoms with van der Waals surface area (Å²) in [7, 11) is 1.94. The Morgan fingerprint density at radius 2 is 2.06 bits per heavy atom. The zero-order chi connectivity index (χ0) is 23.0. The summed E-state index contributed by atoms with van der Waals surface area (Å²) in [5.41, 5.74) is 2.96. The molecule has 0 spiro atoms. The second kappa shape index (κ2) is 8.76. The van der Waals surface area contributed by atoms with Gasteiger partial charge in [0.25, 0.3) is 0 Å². The molecule has 1 saturated carbocycles. The maximum absolute atomic E-state index is 10.1. The zero-order valence-electron chi connectivity index (χ0n) is 19.7. The lowest BCUT2D eigenvalue weighted by molar-refractivity contribution is -0.185. The second-order valence-electron chi connectivity index (χ2n) is 9.30. The average Bonchev–Trinajstić information content (AvgIpc) is 3.39. The Hall–Kier alpha value is -2.56. The molecule has 3 unspecified atom stereocenters. The molecule has 1 aliphatic rings. The van der Waals surface area contributed by atoms with Crippen molar-refractivity contribution in [2.75, 3.05) is 0 Å². The van der Waals surface area contributed by atoms with E-state index in [9.17, 15) is 5.11 Å². The Morgan fingerprint density at radius 1 is 1.28 bits per heavy atom. The van der Waals surface area contributed by atoms with Gasteiger partial charge in [0.1, 0.15) is 18.3 Å². The predicted octanol–water partition coefficient (Wildman–Crippen LogP) is 2.54. The number of aromatic nitrogens is 6. The highest BCUT2D eigenvalue weighted by atomic mass is 16.6. The first-order valence-electron chi connectivity index (χ1n) is 11.1. The summed E-state index contributed by atoms with van der Waals surface area (Å²) in [6.07, 6.45) is 4.80. The molecule has 0 bridgehead atoms. The van der Waals surface area contributed by atoms with Crippen LogP contribution in [-0.4, -0.2) is 58.6 Å². The van der Waals surface area contributed by atoms with Gasteiger partial charge < -0.3 is 19.1 Å². The highest BCUT2D eigenvalue weighted by Gasteiger charge is 2.30. The number of aliphatic hydroxyl groups is 1. The van der Waals surface area contributed by atoms with E-state index < -0.39 is 12.0 Å². The fraction of sp³-hybridized carbons (Fsp3) is 0.636. The topological polar surface area (TPSA) is 112 Å². The van der Waals surface area contributed by atoms with Crippen molar-refractivity contribution < 1.29 is 14.6 Å². The number of aliphatic hydroxyl groups excluding tert-OH is 1. The molecule has 10 heteroatoms. The van der Waals surface area contributed by atoms with Crippen LogP contribution < -0.4 is 10.1 Å². The van der Waals surface area contributed by atoms with E-state index in [2.05, 4.69) is 27.3 Å². The molecule has 3 atom stereocenters. The smallest absolute Gasteiger partial charge is 0.245 e. The van der Waals surface area contributed by atoms with Crippen LogP contribution in [0.25, 0.3) is 22.6 Å². The van der Waals surface area contributed by atoms with Gasteiger partial charge in [0.2, 0.25) is 12.3 Å². The van der Waals surface area contributed by atoms with E-state index in [0.717, 1.165) is 48.5 Å². The Labute approximate surface area is 188 Å². The van der Waals surface area contributed by atoms with Crippen molar-refractivity contribution in [3.63, 3.8) is 0 Å². The van der Waals surface area contributed by atoms with E-state index >= 15 is 0 Å². The number of rotatable bonds is 7. The number of aryl methyl sites for hydroxylation is 2. The molecule has 0 radical (unpaired) electrons. The van der Waals surface area contributed by atoms with Crippen molar-refractivity contribution in [1.82, 2.24) is 34.6 Å². The van der Waals surface area contributed by atoms with Crippen LogP contribution in [0.3, 0.4) is 0 Å². The normalized spacial score (nSPS) is 20.2. The fourth-order valence-electron chi connectivity index (χ4n) is 4.22. The van der Waals surface area contributed by atoms with Crippen LogP contribution in [0.15, 0.2) is 12.5 Å². The van der Waals surface area contributed by atoms with Crippen molar-refractivity contribution in [3.8, 4) is 17.3 Å². The van der Waals surface area contributed by atoms with E-state index in [1.165, 1.54) is 6.33 Å². The van der Waals surface area contributed by atoms with Crippen molar-refractivity contribution in [2.24, 2.45) is 7.05 Å². The van der Waals surface area contributed by atoms with Gasteiger partial charge in [-0.25, -0.2) is 9.97 Å². The molecule has 10 nitrogen and oxygen atoms in total. The molecule has 0 aliphatic heterocycles. The van der Waals surface area contributed by atoms with Crippen LogP contribution in [0.1, 0.15) is 52.7 Å². The van der Waals surface area contributed by atoms with E-state index in [-0.39, 0.29) is 12.1 Å². The number of imidazole rings is 1. The minimum atomic E-state index is -1.00. The van der Waals surface area contributed by atoms with Crippen LogP contribution in [-0.2, 0) is 18.3 Å². The molecule has 32 heavy (non-hydrogen) atoms. The minimum Gasteiger partial charge on any atom is -0.473 e. The third-order valence-corrected chi connectivity index (χ3v) is 5.77. The van der Waals surface area contributed by atoms with E-state index in [1.54, 1.807) is 0 Å². The largest absolute Gasteiger partial charge is 0.473 e. The molecule has 4 rings (SSSR count). The van der Waals surface area contributed by atoms with Crippen LogP contribution in [0, 0.1) is 6.92 Å². The highest BCUT2D eigenvalue weighted by Crippen LogP contribution is 2.31. The average molecular weight is 444 g/mol. The lowest BCUT2D eigenvalue weighted by Crippen LogP contribution is -2.43.